The minimum Gasteiger partial charge on any atom is -0.452 e. The number of sulfonamides is 1. The summed E-state index contributed by atoms with van der Waals surface area (Å²) in [7, 11) is -3.92. The fourth-order valence-electron chi connectivity index (χ4n) is 2.94. The van der Waals surface area contributed by atoms with Gasteiger partial charge in [-0.3, -0.25) is 4.79 Å². The van der Waals surface area contributed by atoms with Crippen molar-refractivity contribution >= 4 is 33.3 Å². The summed E-state index contributed by atoms with van der Waals surface area (Å²) in [6.45, 7) is 1.67. The lowest BCUT2D eigenvalue weighted by Crippen LogP contribution is -2.30. The highest BCUT2D eigenvalue weighted by molar-refractivity contribution is 7.89. The van der Waals surface area contributed by atoms with Crippen LogP contribution in [-0.4, -0.2) is 38.7 Å². The summed E-state index contributed by atoms with van der Waals surface area (Å²) in [5.74, 6) is -3.30. The minimum absolute atomic E-state index is 0.0856. The molecular weight excluding hydrogens is 428 g/mol. The number of hydrogen-bond acceptors (Lipinski definition) is 6. The molecule has 0 bridgehead atoms. The van der Waals surface area contributed by atoms with E-state index in [2.05, 4.69) is 4.98 Å². The second kappa shape index (κ2) is 8.50. The van der Waals surface area contributed by atoms with Gasteiger partial charge >= 0.3 is 0 Å². The van der Waals surface area contributed by atoms with E-state index in [1.165, 1.54) is 12.3 Å². The first kappa shape index (κ1) is 21.3. The number of nitrogens with zero attached hydrogens (tertiary/aromatic N) is 2. The summed E-state index contributed by atoms with van der Waals surface area (Å²) in [6, 6.07) is 2.65. The maximum absolute atomic E-state index is 14.3. The molecule has 0 saturated carbocycles. The van der Waals surface area contributed by atoms with Crippen LogP contribution in [0.4, 0.5) is 14.6 Å². The Morgan fingerprint density at radius 2 is 1.86 bits per heavy atom. The van der Waals surface area contributed by atoms with E-state index in [1.54, 1.807) is 4.72 Å². The van der Waals surface area contributed by atoms with Crippen molar-refractivity contribution in [3.63, 3.8) is 0 Å². The third-order valence-corrected chi connectivity index (χ3v) is 5.06. The summed E-state index contributed by atoms with van der Waals surface area (Å²) >= 11 is 6.27. The van der Waals surface area contributed by atoms with Gasteiger partial charge < -0.3 is 9.64 Å². The van der Waals surface area contributed by atoms with Gasteiger partial charge in [-0.05, 0) is 25.3 Å². The van der Waals surface area contributed by atoms with Crippen molar-refractivity contribution in [2.24, 2.45) is 0 Å². The Kier molecular flexibility index (Phi) is 6.23. The number of anilines is 1. The Labute approximate surface area is 171 Å². The standard InChI is InChI=1S/C18H18ClF2N3O4S/c1-29(26,27)23-18(25)12-8-15(21)16(9-14(12)20)28-11-7-13(19)17(22-10-11)24-5-3-2-4-6-24/h7-10H,2-6H2,1H3,(H,23,25). The molecule has 1 aromatic carbocycles. The van der Waals surface area contributed by atoms with E-state index in [4.69, 9.17) is 16.3 Å². The molecule has 0 unspecified atom stereocenters. The predicted molar refractivity (Wildman–Crippen MR) is 104 cm³/mol. The van der Waals surface area contributed by atoms with E-state index in [0.717, 1.165) is 38.6 Å². The monoisotopic (exact) mass is 445 g/mol. The van der Waals surface area contributed by atoms with E-state index in [-0.39, 0.29) is 5.75 Å². The first-order chi connectivity index (χ1) is 13.6. The van der Waals surface area contributed by atoms with Crippen molar-refractivity contribution in [3.05, 3.63) is 46.6 Å². The van der Waals surface area contributed by atoms with Gasteiger partial charge in [0, 0.05) is 25.2 Å². The molecule has 7 nitrogen and oxygen atoms in total. The molecule has 156 valence electrons. The van der Waals surface area contributed by atoms with Gasteiger partial charge in [0.05, 0.1) is 23.0 Å². The Morgan fingerprint density at radius 1 is 1.17 bits per heavy atom. The maximum Gasteiger partial charge on any atom is 0.267 e. The van der Waals surface area contributed by atoms with Gasteiger partial charge in [0.2, 0.25) is 10.0 Å². The molecule has 1 aliphatic heterocycles. The second-order valence-corrected chi connectivity index (χ2v) is 8.75. The van der Waals surface area contributed by atoms with Gasteiger partial charge in [0.25, 0.3) is 5.91 Å². The molecule has 2 heterocycles. The van der Waals surface area contributed by atoms with E-state index in [9.17, 15) is 22.0 Å². The third-order valence-electron chi connectivity index (χ3n) is 4.22. The summed E-state index contributed by atoms with van der Waals surface area (Å²) in [6.07, 6.45) is 5.30. The number of carbonyl (C=O) groups is 1. The number of nitrogens with one attached hydrogen (secondary N) is 1. The number of benzene rings is 1. The lowest BCUT2D eigenvalue weighted by molar-refractivity contribution is 0.0977. The topological polar surface area (TPSA) is 88.6 Å². The van der Waals surface area contributed by atoms with Crippen LogP contribution in [0.2, 0.25) is 5.02 Å². The van der Waals surface area contributed by atoms with Gasteiger partial charge in [0.15, 0.2) is 11.6 Å². The number of hydrogen-bond donors (Lipinski definition) is 1. The molecule has 29 heavy (non-hydrogen) atoms. The fraction of sp³-hybridized carbons (Fsp3) is 0.333. The number of halogens is 3. The zero-order valence-electron chi connectivity index (χ0n) is 15.4. The summed E-state index contributed by atoms with van der Waals surface area (Å²) < 4.78 is 57.6. The molecule has 0 spiro atoms. The highest BCUT2D eigenvalue weighted by Crippen LogP contribution is 2.32. The molecule has 3 rings (SSSR count). The molecule has 1 amide bonds. The highest BCUT2D eigenvalue weighted by atomic mass is 35.5. The van der Waals surface area contributed by atoms with Crippen LogP contribution in [0, 0.1) is 11.6 Å². The molecule has 1 N–H and O–H groups in total. The molecule has 0 aliphatic carbocycles. The minimum atomic E-state index is -3.92. The van der Waals surface area contributed by atoms with Crippen molar-refractivity contribution in [1.82, 2.24) is 9.71 Å². The molecule has 1 aromatic heterocycles. The molecule has 0 radical (unpaired) electrons. The lowest BCUT2D eigenvalue weighted by atomic mass is 10.1. The maximum atomic E-state index is 14.3. The largest absolute Gasteiger partial charge is 0.452 e. The first-order valence-electron chi connectivity index (χ1n) is 8.73. The predicted octanol–water partition coefficient (Wildman–Crippen LogP) is 3.49. The molecule has 1 saturated heterocycles. The van der Waals surface area contributed by atoms with Crippen LogP contribution in [0.3, 0.4) is 0 Å². The number of carbonyl (C=O) groups excluding carboxylic acids is 1. The van der Waals surface area contributed by atoms with Crippen LogP contribution in [-0.2, 0) is 10.0 Å². The molecule has 0 atom stereocenters. The van der Waals surface area contributed by atoms with E-state index in [1.807, 2.05) is 4.90 Å². The molecule has 11 heteroatoms. The van der Waals surface area contributed by atoms with Gasteiger partial charge in [-0.25, -0.2) is 26.9 Å². The van der Waals surface area contributed by atoms with Crippen LogP contribution < -0.4 is 14.4 Å². The highest BCUT2D eigenvalue weighted by Gasteiger charge is 2.21. The third kappa shape index (κ3) is 5.33. The smallest absolute Gasteiger partial charge is 0.267 e. The molecule has 1 aliphatic rings. The van der Waals surface area contributed by atoms with E-state index in [0.29, 0.717) is 23.0 Å². The van der Waals surface area contributed by atoms with Crippen LogP contribution in [0.15, 0.2) is 24.4 Å². The average molecular weight is 446 g/mol. The van der Waals surface area contributed by atoms with Gasteiger partial charge in [-0.1, -0.05) is 11.6 Å². The van der Waals surface area contributed by atoms with Crippen molar-refractivity contribution in [1.29, 1.82) is 0 Å². The Bertz CT molecular complexity index is 1040. The lowest BCUT2D eigenvalue weighted by Gasteiger charge is -2.28. The number of ether oxygens (including phenoxy) is 1. The SMILES string of the molecule is CS(=O)(=O)NC(=O)c1cc(F)c(Oc2cnc(N3CCCCC3)c(Cl)c2)cc1F. The number of piperidine rings is 1. The number of aromatic nitrogens is 1. The zero-order valence-corrected chi connectivity index (χ0v) is 17.0. The van der Waals surface area contributed by atoms with Crippen LogP contribution in [0.25, 0.3) is 0 Å². The quantitative estimate of drug-likeness (QED) is 0.758. The number of amides is 1. The van der Waals surface area contributed by atoms with Crippen LogP contribution in [0.5, 0.6) is 11.5 Å². The Balaban J connectivity index is 1.80. The van der Waals surface area contributed by atoms with Gasteiger partial charge in [0.1, 0.15) is 17.4 Å². The van der Waals surface area contributed by atoms with Crippen LogP contribution >= 0.6 is 11.6 Å². The summed E-state index contributed by atoms with van der Waals surface area (Å²) in [4.78, 5) is 18.1. The Morgan fingerprint density at radius 3 is 2.48 bits per heavy atom. The summed E-state index contributed by atoms with van der Waals surface area (Å²) in [5, 5.41) is 0.314. The van der Waals surface area contributed by atoms with Crippen molar-refractivity contribution in [2.75, 3.05) is 24.2 Å². The fourth-order valence-corrected chi connectivity index (χ4v) is 3.66. The van der Waals surface area contributed by atoms with Crippen molar-refractivity contribution < 1.29 is 26.7 Å². The molecule has 1 fully saturated rings. The molecule has 2 aromatic rings. The normalized spacial score (nSPS) is 14.6. The van der Waals surface area contributed by atoms with E-state index < -0.39 is 38.9 Å². The average Bonchev–Trinajstić information content (AvgIpc) is 2.64. The van der Waals surface area contributed by atoms with Gasteiger partial charge in [-0.2, -0.15) is 0 Å². The number of rotatable bonds is 5. The van der Waals surface area contributed by atoms with E-state index >= 15 is 0 Å². The van der Waals surface area contributed by atoms with Crippen molar-refractivity contribution in [3.8, 4) is 11.5 Å². The first-order valence-corrected chi connectivity index (χ1v) is 11.0. The zero-order chi connectivity index (χ0) is 21.2. The van der Waals surface area contributed by atoms with Crippen molar-refractivity contribution in [2.45, 2.75) is 19.3 Å². The molecular formula is C18H18ClF2N3O4S. The van der Waals surface area contributed by atoms with Crippen LogP contribution in [0.1, 0.15) is 29.6 Å². The number of pyridine rings is 1. The Hall–Kier alpha value is -2.46. The van der Waals surface area contributed by atoms with Gasteiger partial charge in [-0.15, -0.1) is 0 Å². The summed E-state index contributed by atoms with van der Waals surface area (Å²) in [5.41, 5.74) is -0.767. The second-order valence-electron chi connectivity index (χ2n) is 6.59.